The van der Waals surface area contributed by atoms with Crippen LogP contribution in [0.3, 0.4) is 0 Å². The van der Waals surface area contributed by atoms with Crippen LogP contribution in [0.4, 0.5) is 18.9 Å². The molecule has 1 saturated heterocycles. The molecule has 2 aliphatic rings. The van der Waals surface area contributed by atoms with Gasteiger partial charge in [-0.1, -0.05) is 17.7 Å². The van der Waals surface area contributed by atoms with Crippen LogP contribution in [0.5, 0.6) is 0 Å². The maximum atomic E-state index is 12.7. The molecule has 8 heteroatoms. The van der Waals surface area contributed by atoms with Gasteiger partial charge in [-0.25, -0.2) is 0 Å². The van der Waals surface area contributed by atoms with Crippen LogP contribution in [0.25, 0.3) is 0 Å². The molecule has 0 radical (unpaired) electrons. The molecule has 142 valence electrons. The fraction of sp³-hybridized carbons (Fsp3) is 0.556. The molecule has 0 saturated carbocycles. The maximum absolute atomic E-state index is 12.7. The van der Waals surface area contributed by atoms with E-state index in [4.69, 9.17) is 0 Å². The third-order valence-corrected chi connectivity index (χ3v) is 4.98. The number of carbonyl (C=O) groups is 2. The lowest BCUT2D eigenvalue weighted by Crippen LogP contribution is -2.55. The number of nitrogens with one attached hydrogen (secondary N) is 3. The fourth-order valence-corrected chi connectivity index (χ4v) is 3.62. The summed E-state index contributed by atoms with van der Waals surface area (Å²) in [5.74, 6) is -2.47. The first kappa shape index (κ1) is 18.5. The third-order valence-electron chi connectivity index (χ3n) is 4.98. The van der Waals surface area contributed by atoms with E-state index < -0.39 is 30.0 Å². The largest absolute Gasteiger partial charge is 0.408 e. The lowest BCUT2D eigenvalue weighted by molar-refractivity contribution is -0.171. The zero-order chi connectivity index (χ0) is 19.1. The van der Waals surface area contributed by atoms with Crippen molar-refractivity contribution in [2.75, 3.05) is 5.32 Å². The third kappa shape index (κ3) is 3.78. The Bertz CT molecular complexity index is 720. The first-order valence-electron chi connectivity index (χ1n) is 8.69. The molecule has 3 N–H and O–H groups in total. The highest BCUT2D eigenvalue weighted by Crippen LogP contribution is 2.34. The van der Waals surface area contributed by atoms with Gasteiger partial charge >= 0.3 is 6.18 Å². The molecule has 2 aliphatic heterocycles. The molecule has 26 heavy (non-hydrogen) atoms. The number of alkyl halides is 3. The van der Waals surface area contributed by atoms with E-state index in [-0.39, 0.29) is 24.9 Å². The molecule has 0 aliphatic carbocycles. The highest BCUT2D eigenvalue weighted by molar-refractivity contribution is 6.01. The van der Waals surface area contributed by atoms with Gasteiger partial charge in [-0.2, -0.15) is 13.2 Å². The van der Waals surface area contributed by atoms with Crippen molar-refractivity contribution in [3.63, 3.8) is 0 Å². The molecule has 0 bridgehead atoms. The van der Waals surface area contributed by atoms with Gasteiger partial charge in [0.25, 0.3) is 0 Å². The summed E-state index contributed by atoms with van der Waals surface area (Å²) in [4.78, 5) is 24.6. The minimum absolute atomic E-state index is 0.108. The van der Waals surface area contributed by atoms with E-state index in [1.54, 1.807) is 0 Å². The summed E-state index contributed by atoms with van der Waals surface area (Å²) < 4.78 is 38.2. The summed E-state index contributed by atoms with van der Waals surface area (Å²) in [6.45, 7) is 3.94. The van der Waals surface area contributed by atoms with E-state index >= 15 is 0 Å². The Morgan fingerprint density at radius 1 is 1.23 bits per heavy atom. The normalized spacial score (nSPS) is 28.6. The quantitative estimate of drug-likeness (QED) is 0.702. The molecule has 4 unspecified atom stereocenters. The van der Waals surface area contributed by atoms with E-state index in [2.05, 4.69) is 10.6 Å². The lowest BCUT2D eigenvalue weighted by atomic mass is 9.89. The van der Waals surface area contributed by atoms with Gasteiger partial charge in [-0.15, -0.1) is 0 Å². The Hall–Kier alpha value is -2.25. The Morgan fingerprint density at radius 2 is 1.96 bits per heavy atom. The van der Waals surface area contributed by atoms with Crippen LogP contribution in [0.1, 0.15) is 43.4 Å². The average Bonchev–Trinajstić information content (AvgIpc) is 2.54. The second kappa shape index (κ2) is 6.81. The predicted octanol–water partition coefficient (Wildman–Crippen LogP) is 2.81. The van der Waals surface area contributed by atoms with Crippen LogP contribution in [-0.4, -0.2) is 30.1 Å². The molecular weight excluding hydrogens is 347 g/mol. The van der Waals surface area contributed by atoms with Crippen molar-refractivity contribution in [1.82, 2.24) is 10.6 Å². The highest BCUT2D eigenvalue weighted by Gasteiger charge is 2.46. The van der Waals surface area contributed by atoms with Gasteiger partial charge in [-0.05, 0) is 44.7 Å². The fourth-order valence-electron chi connectivity index (χ4n) is 3.62. The number of piperidine rings is 1. The van der Waals surface area contributed by atoms with E-state index in [1.807, 2.05) is 37.4 Å². The Labute approximate surface area is 149 Å². The number of amides is 2. The van der Waals surface area contributed by atoms with E-state index in [9.17, 15) is 22.8 Å². The van der Waals surface area contributed by atoms with Crippen molar-refractivity contribution in [3.05, 3.63) is 29.3 Å². The highest BCUT2D eigenvalue weighted by atomic mass is 19.4. The van der Waals surface area contributed by atoms with Crippen molar-refractivity contribution in [1.29, 1.82) is 0 Å². The Balaban J connectivity index is 1.71. The summed E-state index contributed by atoms with van der Waals surface area (Å²) in [5.41, 5.74) is 2.90. The number of hydrogen-bond acceptors (Lipinski definition) is 3. The van der Waals surface area contributed by atoms with Gasteiger partial charge in [0.05, 0.1) is 6.04 Å². The van der Waals surface area contributed by atoms with E-state index in [1.165, 1.54) is 0 Å². The number of carbonyl (C=O) groups excluding carboxylic acids is 2. The molecule has 2 amide bonds. The van der Waals surface area contributed by atoms with Gasteiger partial charge in [0.1, 0.15) is 12.0 Å². The van der Waals surface area contributed by atoms with Gasteiger partial charge in [-0.3, -0.25) is 9.59 Å². The van der Waals surface area contributed by atoms with Gasteiger partial charge < -0.3 is 16.0 Å². The first-order valence-corrected chi connectivity index (χ1v) is 8.69. The molecule has 1 fully saturated rings. The van der Waals surface area contributed by atoms with Crippen LogP contribution in [-0.2, 0) is 9.59 Å². The number of fused-ring (bicyclic) bond motifs is 1. The number of rotatable bonds is 2. The summed E-state index contributed by atoms with van der Waals surface area (Å²) in [7, 11) is 0. The van der Waals surface area contributed by atoms with Crippen LogP contribution >= 0.6 is 0 Å². The minimum Gasteiger partial charge on any atom is -0.382 e. The second-order valence-electron chi connectivity index (χ2n) is 7.17. The smallest absolute Gasteiger partial charge is 0.382 e. The second-order valence-corrected chi connectivity index (χ2v) is 7.17. The molecule has 0 spiro atoms. The zero-order valence-corrected chi connectivity index (χ0v) is 14.6. The van der Waals surface area contributed by atoms with E-state index in [0.717, 1.165) is 16.8 Å². The number of aryl methyl sites for hydroxylation is 1. The number of anilines is 1. The first-order chi connectivity index (χ1) is 12.1. The van der Waals surface area contributed by atoms with Crippen LogP contribution < -0.4 is 16.0 Å². The number of hydrogen-bond donors (Lipinski definition) is 3. The molecule has 3 rings (SSSR count). The monoisotopic (exact) mass is 369 g/mol. The molecule has 5 nitrogen and oxygen atoms in total. The van der Waals surface area contributed by atoms with Crippen molar-refractivity contribution in [3.8, 4) is 0 Å². The van der Waals surface area contributed by atoms with Crippen LogP contribution in [0.2, 0.25) is 0 Å². The number of benzene rings is 1. The molecule has 4 atom stereocenters. The average molecular weight is 369 g/mol. The molecule has 0 aromatic heterocycles. The lowest BCUT2D eigenvalue weighted by Gasteiger charge is -2.34. The maximum Gasteiger partial charge on any atom is 0.408 e. The van der Waals surface area contributed by atoms with Crippen molar-refractivity contribution in [2.24, 2.45) is 5.92 Å². The Morgan fingerprint density at radius 3 is 2.62 bits per heavy atom. The predicted molar refractivity (Wildman–Crippen MR) is 90.5 cm³/mol. The summed E-state index contributed by atoms with van der Waals surface area (Å²) in [6, 6.07) is 3.86. The van der Waals surface area contributed by atoms with Crippen molar-refractivity contribution < 1.29 is 22.8 Å². The van der Waals surface area contributed by atoms with Gasteiger partial charge in [0, 0.05) is 11.7 Å². The summed E-state index contributed by atoms with van der Waals surface area (Å²) >= 11 is 0. The molecule has 2 heterocycles. The van der Waals surface area contributed by atoms with Gasteiger partial charge in [0.2, 0.25) is 11.8 Å². The Kier molecular flexibility index (Phi) is 4.86. The summed E-state index contributed by atoms with van der Waals surface area (Å²) in [6.07, 6.45) is -4.24. The van der Waals surface area contributed by atoms with Crippen LogP contribution in [0, 0.1) is 12.8 Å². The molecular formula is C18H22F3N3O2. The minimum atomic E-state index is -4.49. The van der Waals surface area contributed by atoms with E-state index in [0.29, 0.717) is 6.42 Å². The standard InChI is InChI=1S/C18H22F3N3O2/c1-9-3-5-13-12(7-9)14(8-10(2)22-13)23-16(25)11-4-6-15(18(19,20)21)24-17(11)26/h3,5,7,10-11,14-15,22H,4,6,8H2,1-2H3,(H,23,25)(H,24,26). The molecule has 1 aromatic rings. The van der Waals surface area contributed by atoms with Crippen molar-refractivity contribution >= 4 is 17.5 Å². The van der Waals surface area contributed by atoms with Crippen LogP contribution in [0.15, 0.2) is 18.2 Å². The summed E-state index contributed by atoms with van der Waals surface area (Å²) in [5, 5.41) is 8.14. The molecule has 1 aromatic carbocycles. The van der Waals surface area contributed by atoms with Gasteiger partial charge in [0.15, 0.2) is 0 Å². The van der Waals surface area contributed by atoms with Crippen molar-refractivity contribution in [2.45, 2.75) is 57.4 Å². The zero-order valence-electron chi connectivity index (χ0n) is 14.6. The topological polar surface area (TPSA) is 70.2 Å². The number of halogens is 3. The SMILES string of the molecule is Cc1ccc2c(c1)C(NC(=O)C1CCC(C(F)(F)F)NC1=O)CC(C)N2.